The molecule has 0 spiro atoms. The van der Waals surface area contributed by atoms with Crippen molar-refractivity contribution in [2.24, 2.45) is 5.92 Å². The number of primary sulfonamides is 1. The monoisotopic (exact) mass is 637 g/mol. The summed E-state index contributed by atoms with van der Waals surface area (Å²) in [5, 5.41) is 5.83. The van der Waals surface area contributed by atoms with Gasteiger partial charge in [0.05, 0.1) is 0 Å². The number of rotatable bonds is 5. The third kappa shape index (κ3) is 8.57. The number of primary amides is 1. The Bertz CT molecular complexity index is 1380. The van der Waals surface area contributed by atoms with Crippen molar-refractivity contribution in [1.82, 2.24) is 15.5 Å². The summed E-state index contributed by atoms with van der Waals surface area (Å²) in [5.41, 5.74) is -1.78. The summed E-state index contributed by atoms with van der Waals surface area (Å²) in [7, 11) is -4.01. The number of sulfonamides is 1. The molecule has 236 valence electrons. The quantitative estimate of drug-likeness (QED) is 0.419. The maximum absolute atomic E-state index is 13.7. The lowest BCUT2D eigenvalue weighted by Gasteiger charge is -2.30. The van der Waals surface area contributed by atoms with Crippen LogP contribution < -0.4 is 15.4 Å². The number of nitrogens with zero attached hydrogens (tertiary/aromatic N) is 1. The largest absolute Gasteiger partial charge is 0.444 e. The van der Waals surface area contributed by atoms with Gasteiger partial charge >= 0.3 is 22.0 Å². The maximum Gasteiger partial charge on any atom is 0.408 e. The molecule has 11 nitrogen and oxygen atoms in total. The Hall–Kier alpha value is -2.96. The van der Waals surface area contributed by atoms with Gasteiger partial charge in [-0.2, -0.15) is 13.1 Å². The Morgan fingerprint density at radius 1 is 1.14 bits per heavy atom. The minimum absolute atomic E-state index is 0.260. The summed E-state index contributed by atoms with van der Waals surface area (Å²) in [6, 6.07) is 4.80. The molecule has 0 bridgehead atoms. The Labute approximate surface area is 258 Å². The van der Waals surface area contributed by atoms with Gasteiger partial charge in [-0.15, -0.1) is 0 Å². The molecule has 4 rings (SSSR count). The van der Waals surface area contributed by atoms with Crippen LogP contribution in [0.5, 0.6) is 0 Å². The number of hydrogen-bond acceptors (Lipinski definition) is 7. The number of allylic oxidation sites excluding steroid dienone is 1. The second kappa shape index (κ2) is 13.4. The highest BCUT2D eigenvalue weighted by molar-refractivity contribution is 7.84. The number of benzene rings is 1. The first-order valence-electron chi connectivity index (χ1n) is 14.8. The minimum atomic E-state index is -4.01. The molecule has 1 aromatic rings. The molecule has 4 atom stereocenters. The van der Waals surface area contributed by atoms with Crippen molar-refractivity contribution in [3.05, 3.63) is 47.0 Å². The fourth-order valence-electron chi connectivity index (χ4n) is 5.71. The maximum atomic E-state index is 13.7. The van der Waals surface area contributed by atoms with Crippen molar-refractivity contribution >= 4 is 45.4 Å². The van der Waals surface area contributed by atoms with Gasteiger partial charge in [-0.3, -0.25) is 9.59 Å². The molecule has 2 heterocycles. The lowest BCUT2D eigenvalue weighted by atomic mass is 10.0. The van der Waals surface area contributed by atoms with Crippen LogP contribution in [0.3, 0.4) is 0 Å². The summed E-state index contributed by atoms with van der Waals surface area (Å²) >= 11 is 6.15. The zero-order valence-corrected chi connectivity index (χ0v) is 26.5. The van der Waals surface area contributed by atoms with Gasteiger partial charge in [-0.25, -0.2) is 9.59 Å². The van der Waals surface area contributed by atoms with Crippen molar-refractivity contribution in [2.75, 3.05) is 6.54 Å². The van der Waals surface area contributed by atoms with Crippen LogP contribution in [0, 0.1) is 5.92 Å². The molecule has 1 saturated carbocycles. The summed E-state index contributed by atoms with van der Waals surface area (Å²) in [6.07, 6.45) is 7.79. The van der Waals surface area contributed by atoms with Crippen molar-refractivity contribution in [2.45, 2.75) is 101 Å². The molecule has 1 saturated heterocycles. The molecule has 4 unspecified atom stereocenters. The molecule has 1 aromatic carbocycles. The fourth-order valence-corrected chi connectivity index (χ4v) is 7.30. The smallest absolute Gasteiger partial charge is 0.408 e. The highest BCUT2D eigenvalue weighted by Crippen LogP contribution is 2.45. The SMILES string of the molecule is CC(C)(C)OC(=O)NC1CCCCCC=CC2CC2(C(=O)[NH2+]S(=O)(=O)Cc2ccccc2Cl)NC(=O)C2CCCN2C1=O. The predicted octanol–water partition coefficient (Wildman–Crippen LogP) is 2.54. The fraction of sp³-hybridized carbons (Fsp3) is 0.600. The molecular formula is C30H42ClN4O7S+. The minimum Gasteiger partial charge on any atom is -0.444 e. The number of quaternary nitrogens is 1. The van der Waals surface area contributed by atoms with E-state index in [-0.39, 0.29) is 23.3 Å². The van der Waals surface area contributed by atoms with Gasteiger partial charge in [0, 0.05) is 17.5 Å². The van der Waals surface area contributed by atoms with Crippen LogP contribution in [-0.4, -0.2) is 66.9 Å². The number of halogens is 1. The van der Waals surface area contributed by atoms with E-state index in [4.69, 9.17) is 16.3 Å². The average Bonchev–Trinajstić information content (AvgIpc) is 3.36. The molecule has 4 amide bonds. The van der Waals surface area contributed by atoms with E-state index in [0.717, 1.165) is 19.3 Å². The first-order chi connectivity index (χ1) is 20.2. The number of nitrogens with two attached hydrogens (primary N) is 1. The van der Waals surface area contributed by atoms with Gasteiger partial charge in [0.2, 0.25) is 11.8 Å². The molecule has 2 aliphatic heterocycles. The number of ether oxygens (including phenoxy) is 1. The van der Waals surface area contributed by atoms with Crippen LogP contribution in [0.2, 0.25) is 5.02 Å². The molecule has 0 radical (unpaired) electrons. The average molecular weight is 638 g/mol. The van der Waals surface area contributed by atoms with Crippen LogP contribution in [0.4, 0.5) is 4.79 Å². The van der Waals surface area contributed by atoms with Crippen molar-refractivity contribution in [1.29, 1.82) is 0 Å². The van der Waals surface area contributed by atoms with Crippen LogP contribution >= 0.6 is 11.6 Å². The number of alkyl carbamates (subject to hydrolysis) is 1. The van der Waals surface area contributed by atoms with E-state index >= 15 is 0 Å². The molecule has 3 aliphatic rings. The number of carbonyl (C=O) groups is 4. The molecular weight excluding hydrogens is 596 g/mol. The van der Waals surface area contributed by atoms with Gasteiger partial charge in [0.25, 0.3) is 0 Å². The first kappa shape index (κ1) is 32.9. The lowest BCUT2D eigenvalue weighted by Crippen LogP contribution is -2.94. The second-order valence-electron chi connectivity index (χ2n) is 12.6. The van der Waals surface area contributed by atoms with Crippen molar-refractivity contribution < 1.29 is 37.1 Å². The molecule has 2 fully saturated rings. The summed E-state index contributed by atoms with van der Waals surface area (Å²) in [6.45, 7) is 5.54. The highest BCUT2D eigenvalue weighted by Gasteiger charge is 2.64. The predicted molar refractivity (Wildman–Crippen MR) is 160 cm³/mol. The second-order valence-corrected chi connectivity index (χ2v) is 14.9. The Balaban J connectivity index is 1.54. The number of fused-ring (bicyclic) bond motifs is 2. The summed E-state index contributed by atoms with van der Waals surface area (Å²) in [4.78, 5) is 55.0. The molecule has 0 aromatic heterocycles. The van der Waals surface area contributed by atoms with Gasteiger partial charge in [0.1, 0.15) is 23.4 Å². The van der Waals surface area contributed by atoms with Crippen molar-refractivity contribution in [3.8, 4) is 0 Å². The van der Waals surface area contributed by atoms with Gasteiger partial charge in [0.15, 0.2) is 5.54 Å². The third-order valence-corrected chi connectivity index (χ3v) is 9.62. The lowest BCUT2D eigenvalue weighted by molar-refractivity contribution is -0.417. The van der Waals surface area contributed by atoms with Crippen LogP contribution in [0.1, 0.15) is 77.7 Å². The number of nitrogens with one attached hydrogen (secondary N) is 2. The standard InChI is InChI=1S/C30H41ClN4O7S/c1-29(2,3)42-28(39)32-23-15-8-6-4-5-7-13-21-18-30(21,33-25(36)24-16-11-17-35(24)26(23)37)27(38)34-43(40,41)19-20-12-9-10-14-22(20)31/h7,9-10,12-14,21,23-24H,4-6,8,11,15-19H2,1-3H3,(H,32,39)(H,33,36)(H,34,38)/p+1. The highest BCUT2D eigenvalue weighted by atomic mass is 35.5. The van der Waals surface area contributed by atoms with E-state index < -0.39 is 56.9 Å². The summed E-state index contributed by atoms with van der Waals surface area (Å²) in [5.74, 6) is -2.41. The van der Waals surface area contributed by atoms with E-state index in [1.54, 1.807) is 45.0 Å². The first-order valence-corrected chi connectivity index (χ1v) is 16.9. The van der Waals surface area contributed by atoms with E-state index in [0.29, 0.717) is 42.5 Å². The van der Waals surface area contributed by atoms with Gasteiger partial charge in [-0.05, 0) is 70.9 Å². The van der Waals surface area contributed by atoms with Crippen LogP contribution in [0.25, 0.3) is 0 Å². The van der Waals surface area contributed by atoms with E-state index in [1.807, 2.05) is 12.2 Å². The van der Waals surface area contributed by atoms with E-state index in [1.165, 1.54) is 4.90 Å². The number of amides is 4. The molecule has 4 N–H and O–H groups in total. The number of carbonyl (C=O) groups excluding carboxylic acids is 4. The normalized spacial score (nSPS) is 26.8. The van der Waals surface area contributed by atoms with E-state index in [9.17, 15) is 27.6 Å². The van der Waals surface area contributed by atoms with E-state index in [2.05, 4.69) is 10.6 Å². The zero-order chi connectivity index (χ0) is 31.4. The number of hydrogen-bond donors (Lipinski definition) is 3. The van der Waals surface area contributed by atoms with Crippen molar-refractivity contribution in [3.63, 3.8) is 0 Å². The Morgan fingerprint density at radius 2 is 1.88 bits per heavy atom. The van der Waals surface area contributed by atoms with Crippen LogP contribution in [0.15, 0.2) is 36.4 Å². The van der Waals surface area contributed by atoms with Gasteiger partial charge in [-0.1, -0.05) is 54.8 Å². The van der Waals surface area contributed by atoms with Crippen LogP contribution in [-0.2, 0) is 34.9 Å². The topological polar surface area (TPSA) is 156 Å². The Morgan fingerprint density at radius 3 is 2.60 bits per heavy atom. The third-order valence-electron chi connectivity index (χ3n) is 7.96. The zero-order valence-electron chi connectivity index (χ0n) is 24.9. The van der Waals surface area contributed by atoms with Gasteiger partial charge < -0.3 is 20.3 Å². The summed E-state index contributed by atoms with van der Waals surface area (Å²) < 4.78 is 32.1. The molecule has 1 aliphatic carbocycles. The Kier molecular flexibility index (Phi) is 10.2. The molecule has 43 heavy (non-hydrogen) atoms. The molecule has 13 heteroatoms.